The maximum Gasteiger partial charge on any atom is 0.250 e. The van der Waals surface area contributed by atoms with Gasteiger partial charge >= 0.3 is 0 Å². The number of piperazine rings is 1. The number of aromatic nitrogens is 1. The van der Waals surface area contributed by atoms with Crippen molar-refractivity contribution >= 4 is 17.5 Å². The number of nitrogens with zero attached hydrogens (tertiary/aromatic N) is 2. The number of hydrogen-bond acceptors (Lipinski definition) is 3. The number of carbonyl (C=O) groups is 2. The summed E-state index contributed by atoms with van der Waals surface area (Å²) < 4.78 is 0. The molecule has 0 aliphatic carbocycles. The Bertz CT molecular complexity index is 501. The molecule has 5 nitrogen and oxygen atoms in total. The second-order valence-electron chi connectivity index (χ2n) is 4.84. The molecule has 102 valence electrons. The third-order valence-corrected chi connectivity index (χ3v) is 3.43. The third-order valence-electron chi connectivity index (χ3n) is 3.43. The second kappa shape index (κ2) is 5.38. The van der Waals surface area contributed by atoms with Crippen LogP contribution in [-0.4, -0.2) is 28.9 Å². The lowest BCUT2D eigenvalue weighted by Crippen LogP contribution is -2.62. The molecule has 1 fully saturated rings. The Morgan fingerprint density at radius 1 is 1.42 bits per heavy atom. The fraction of sp³-hybridized carbons (Fsp3) is 0.500. The summed E-state index contributed by atoms with van der Waals surface area (Å²) in [6, 6.07) is 2.69. The molecule has 19 heavy (non-hydrogen) atoms. The molecule has 1 aromatic heterocycles. The highest BCUT2D eigenvalue weighted by molar-refractivity contribution is 6.08. The zero-order valence-electron chi connectivity index (χ0n) is 11.5. The van der Waals surface area contributed by atoms with Gasteiger partial charge in [0, 0.05) is 6.20 Å². The molecule has 1 aliphatic heterocycles. The van der Waals surface area contributed by atoms with Crippen LogP contribution in [-0.2, 0) is 9.59 Å². The molecule has 1 aliphatic rings. The summed E-state index contributed by atoms with van der Waals surface area (Å²) in [5, 5.41) is 2.79. The maximum atomic E-state index is 12.5. The SMILES string of the molecule is CCCC1NC(=O)C(C)N(c2cccnc2C)C1=O. The van der Waals surface area contributed by atoms with Gasteiger partial charge in [-0.1, -0.05) is 13.3 Å². The molecule has 1 saturated heterocycles. The smallest absolute Gasteiger partial charge is 0.250 e. The predicted molar refractivity (Wildman–Crippen MR) is 72.8 cm³/mol. The monoisotopic (exact) mass is 261 g/mol. The fourth-order valence-electron chi connectivity index (χ4n) is 2.37. The van der Waals surface area contributed by atoms with Gasteiger partial charge in [0.05, 0.1) is 11.4 Å². The van der Waals surface area contributed by atoms with E-state index in [4.69, 9.17) is 0 Å². The van der Waals surface area contributed by atoms with Gasteiger partial charge in [-0.15, -0.1) is 0 Å². The molecule has 2 rings (SSSR count). The summed E-state index contributed by atoms with van der Waals surface area (Å²) in [6.45, 7) is 5.58. The quantitative estimate of drug-likeness (QED) is 0.894. The van der Waals surface area contributed by atoms with E-state index < -0.39 is 12.1 Å². The Morgan fingerprint density at radius 3 is 2.79 bits per heavy atom. The molecule has 2 unspecified atom stereocenters. The van der Waals surface area contributed by atoms with Crippen LogP contribution in [0, 0.1) is 6.92 Å². The van der Waals surface area contributed by atoms with E-state index in [1.807, 2.05) is 19.9 Å². The number of anilines is 1. The maximum absolute atomic E-state index is 12.5. The van der Waals surface area contributed by atoms with Crippen molar-refractivity contribution in [2.24, 2.45) is 0 Å². The number of aryl methyl sites for hydroxylation is 1. The van der Waals surface area contributed by atoms with Crippen molar-refractivity contribution in [1.82, 2.24) is 10.3 Å². The lowest BCUT2D eigenvalue weighted by molar-refractivity contribution is -0.133. The van der Waals surface area contributed by atoms with Crippen LogP contribution in [0.15, 0.2) is 18.3 Å². The molecule has 0 saturated carbocycles. The average Bonchev–Trinajstić information content (AvgIpc) is 2.38. The molecule has 0 aromatic carbocycles. The van der Waals surface area contributed by atoms with Crippen molar-refractivity contribution < 1.29 is 9.59 Å². The van der Waals surface area contributed by atoms with E-state index in [2.05, 4.69) is 10.3 Å². The summed E-state index contributed by atoms with van der Waals surface area (Å²) in [7, 11) is 0. The van der Waals surface area contributed by atoms with Crippen molar-refractivity contribution in [3.63, 3.8) is 0 Å². The van der Waals surface area contributed by atoms with Crippen molar-refractivity contribution in [2.75, 3.05) is 4.90 Å². The van der Waals surface area contributed by atoms with E-state index in [0.717, 1.165) is 17.8 Å². The number of nitrogens with one attached hydrogen (secondary N) is 1. The van der Waals surface area contributed by atoms with Crippen LogP contribution in [0.3, 0.4) is 0 Å². The van der Waals surface area contributed by atoms with Crippen LogP contribution in [0.1, 0.15) is 32.4 Å². The first-order valence-corrected chi connectivity index (χ1v) is 6.61. The molecule has 2 amide bonds. The van der Waals surface area contributed by atoms with Crippen LogP contribution < -0.4 is 10.2 Å². The molecule has 1 aromatic rings. The van der Waals surface area contributed by atoms with Gasteiger partial charge in [-0.3, -0.25) is 19.5 Å². The van der Waals surface area contributed by atoms with E-state index in [1.165, 1.54) is 0 Å². The molecule has 5 heteroatoms. The van der Waals surface area contributed by atoms with E-state index in [0.29, 0.717) is 6.42 Å². The third kappa shape index (κ3) is 2.45. The highest BCUT2D eigenvalue weighted by atomic mass is 16.2. The minimum Gasteiger partial charge on any atom is -0.342 e. The molecular weight excluding hydrogens is 242 g/mol. The number of carbonyl (C=O) groups excluding carboxylic acids is 2. The van der Waals surface area contributed by atoms with Gasteiger partial charge in [0.2, 0.25) is 11.8 Å². The van der Waals surface area contributed by atoms with Crippen LogP contribution in [0.25, 0.3) is 0 Å². The first kappa shape index (κ1) is 13.5. The van der Waals surface area contributed by atoms with E-state index in [9.17, 15) is 9.59 Å². The number of hydrogen-bond donors (Lipinski definition) is 1. The van der Waals surface area contributed by atoms with E-state index in [-0.39, 0.29) is 11.8 Å². The van der Waals surface area contributed by atoms with Crippen molar-refractivity contribution in [1.29, 1.82) is 0 Å². The highest BCUT2D eigenvalue weighted by Gasteiger charge is 2.38. The average molecular weight is 261 g/mol. The van der Waals surface area contributed by atoms with Crippen LogP contribution in [0.5, 0.6) is 0 Å². The van der Waals surface area contributed by atoms with Crippen molar-refractivity contribution in [3.8, 4) is 0 Å². The van der Waals surface area contributed by atoms with Gasteiger partial charge in [-0.25, -0.2) is 0 Å². The van der Waals surface area contributed by atoms with Gasteiger partial charge < -0.3 is 5.32 Å². The summed E-state index contributed by atoms with van der Waals surface area (Å²) in [5.41, 5.74) is 1.48. The first-order chi connectivity index (χ1) is 9.06. The van der Waals surface area contributed by atoms with Gasteiger partial charge in [0.15, 0.2) is 0 Å². The summed E-state index contributed by atoms with van der Waals surface area (Å²) in [6.07, 6.45) is 3.19. The zero-order valence-corrected chi connectivity index (χ0v) is 11.5. The van der Waals surface area contributed by atoms with Crippen LogP contribution >= 0.6 is 0 Å². The van der Waals surface area contributed by atoms with Gasteiger partial charge in [-0.05, 0) is 32.4 Å². The number of rotatable bonds is 3. The summed E-state index contributed by atoms with van der Waals surface area (Å²) in [4.78, 5) is 30.3. The Labute approximate surface area is 113 Å². The van der Waals surface area contributed by atoms with Gasteiger partial charge in [0.1, 0.15) is 12.1 Å². The topological polar surface area (TPSA) is 62.3 Å². The first-order valence-electron chi connectivity index (χ1n) is 6.61. The van der Waals surface area contributed by atoms with Crippen LogP contribution in [0.4, 0.5) is 5.69 Å². The zero-order chi connectivity index (χ0) is 14.0. The standard InChI is InChI=1S/C14H19N3O2/c1-4-6-11-14(19)17(10(3)13(18)16-11)12-7-5-8-15-9(12)2/h5,7-8,10-11H,4,6H2,1-3H3,(H,16,18). The molecule has 2 atom stereocenters. The Balaban J connectivity index is 2.38. The van der Waals surface area contributed by atoms with Gasteiger partial charge in [-0.2, -0.15) is 0 Å². The summed E-state index contributed by atoms with van der Waals surface area (Å²) in [5.74, 6) is -0.161. The van der Waals surface area contributed by atoms with E-state index in [1.54, 1.807) is 24.1 Å². The molecular formula is C14H19N3O2. The Morgan fingerprint density at radius 2 is 2.16 bits per heavy atom. The Kier molecular flexibility index (Phi) is 3.83. The van der Waals surface area contributed by atoms with Crippen molar-refractivity contribution in [3.05, 3.63) is 24.0 Å². The molecule has 1 N–H and O–H groups in total. The Hall–Kier alpha value is -1.91. The van der Waals surface area contributed by atoms with Gasteiger partial charge in [0.25, 0.3) is 0 Å². The van der Waals surface area contributed by atoms with Crippen molar-refractivity contribution in [2.45, 2.75) is 45.7 Å². The minimum absolute atomic E-state index is 0.0509. The second-order valence-corrected chi connectivity index (χ2v) is 4.84. The fourth-order valence-corrected chi connectivity index (χ4v) is 2.37. The summed E-state index contributed by atoms with van der Waals surface area (Å²) >= 11 is 0. The predicted octanol–water partition coefficient (Wildman–Crippen LogP) is 1.41. The molecule has 0 spiro atoms. The molecule has 2 heterocycles. The highest BCUT2D eigenvalue weighted by Crippen LogP contribution is 2.24. The largest absolute Gasteiger partial charge is 0.342 e. The number of pyridine rings is 1. The minimum atomic E-state index is -0.497. The molecule has 0 bridgehead atoms. The normalized spacial score (nSPS) is 23.4. The number of amides is 2. The lowest BCUT2D eigenvalue weighted by atomic mass is 10.0. The molecule has 0 radical (unpaired) electrons. The lowest BCUT2D eigenvalue weighted by Gasteiger charge is -2.37. The van der Waals surface area contributed by atoms with E-state index >= 15 is 0 Å². The van der Waals surface area contributed by atoms with Crippen LogP contribution in [0.2, 0.25) is 0 Å².